The van der Waals surface area contributed by atoms with Gasteiger partial charge in [0.05, 0.1) is 10.5 Å². The summed E-state index contributed by atoms with van der Waals surface area (Å²) in [6.45, 7) is 3.25. The lowest BCUT2D eigenvalue weighted by Crippen LogP contribution is -2.44. The summed E-state index contributed by atoms with van der Waals surface area (Å²) in [4.78, 5) is 15.9. The molecule has 0 aliphatic carbocycles. The molecule has 0 saturated carbocycles. The van der Waals surface area contributed by atoms with Crippen molar-refractivity contribution >= 4 is 40.2 Å². The van der Waals surface area contributed by atoms with Gasteiger partial charge in [0.15, 0.2) is 11.6 Å². The average Bonchev–Trinajstić information content (AvgIpc) is 3.16. The lowest BCUT2D eigenvalue weighted by atomic mass is 10.2. The maximum absolute atomic E-state index is 13.7. The van der Waals surface area contributed by atoms with Crippen molar-refractivity contribution in [1.82, 2.24) is 30.5 Å². The summed E-state index contributed by atoms with van der Waals surface area (Å²) in [7, 11) is 0. The molecule has 2 aromatic heterocycles. The summed E-state index contributed by atoms with van der Waals surface area (Å²) in [5, 5.41) is 14.7. The van der Waals surface area contributed by atoms with Crippen molar-refractivity contribution in [1.29, 1.82) is 0 Å². The van der Waals surface area contributed by atoms with E-state index in [-0.39, 0.29) is 5.82 Å². The molecular weight excluding hydrogens is 407 g/mol. The van der Waals surface area contributed by atoms with Crippen molar-refractivity contribution < 1.29 is 4.39 Å². The van der Waals surface area contributed by atoms with Crippen molar-refractivity contribution in [2.45, 2.75) is 0 Å². The number of H-pyrrole nitrogens is 1. The van der Waals surface area contributed by atoms with Gasteiger partial charge in [-0.15, -0.1) is 0 Å². The van der Waals surface area contributed by atoms with Crippen LogP contribution in [0.2, 0.25) is 5.02 Å². The minimum atomic E-state index is -0.346. The van der Waals surface area contributed by atoms with Crippen LogP contribution in [-0.4, -0.2) is 51.3 Å². The first-order chi connectivity index (χ1) is 14.7. The smallest absolute Gasteiger partial charge is 0.233 e. The topological polar surface area (TPSA) is 94.7 Å². The van der Waals surface area contributed by atoms with E-state index >= 15 is 0 Å². The summed E-state index contributed by atoms with van der Waals surface area (Å²) >= 11 is 6.38. The number of rotatable bonds is 4. The number of hydrogen-bond donors (Lipinski definition) is 3. The molecule has 1 aliphatic heterocycles. The molecule has 3 N–H and O–H groups in total. The monoisotopic (exact) mass is 424 g/mol. The van der Waals surface area contributed by atoms with Gasteiger partial charge in [0.1, 0.15) is 5.82 Å². The minimum Gasteiger partial charge on any atom is -0.338 e. The minimum absolute atomic E-state index is 0.311. The van der Waals surface area contributed by atoms with Gasteiger partial charge in [-0.3, -0.25) is 5.10 Å². The number of fused-ring (bicyclic) bond motifs is 1. The van der Waals surface area contributed by atoms with E-state index in [4.69, 9.17) is 11.6 Å². The first-order valence-corrected chi connectivity index (χ1v) is 9.92. The maximum Gasteiger partial charge on any atom is 0.233 e. The maximum atomic E-state index is 13.7. The second kappa shape index (κ2) is 7.85. The van der Waals surface area contributed by atoms with Crippen molar-refractivity contribution in [2.75, 3.05) is 36.4 Å². The van der Waals surface area contributed by atoms with Crippen molar-refractivity contribution in [2.24, 2.45) is 0 Å². The van der Waals surface area contributed by atoms with Crippen LogP contribution in [0.4, 0.5) is 22.1 Å². The van der Waals surface area contributed by atoms with E-state index in [2.05, 4.69) is 40.7 Å². The molecule has 152 valence electrons. The van der Waals surface area contributed by atoms with E-state index < -0.39 is 0 Å². The zero-order chi connectivity index (χ0) is 20.5. The first kappa shape index (κ1) is 18.7. The number of anilines is 3. The summed E-state index contributed by atoms with van der Waals surface area (Å²) in [5.74, 6) is 1.41. The SMILES string of the molecule is Fc1ccc2[nH]nc(Nc3nc(-c4ccccc4Cl)nc(N4CCNCC4)n3)c2c1. The molecule has 10 heteroatoms. The van der Waals surface area contributed by atoms with E-state index in [1.807, 2.05) is 18.2 Å². The van der Waals surface area contributed by atoms with Crippen LogP contribution in [0.1, 0.15) is 0 Å². The second-order valence-corrected chi connectivity index (χ2v) is 7.29. The lowest BCUT2D eigenvalue weighted by Gasteiger charge is -2.27. The van der Waals surface area contributed by atoms with Crippen LogP contribution in [-0.2, 0) is 0 Å². The van der Waals surface area contributed by atoms with Gasteiger partial charge in [-0.1, -0.05) is 23.7 Å². The normalized spacial score (nSPS) is 14.3. The number of aromatic amines is 1. The molecule has 4 aromatic rings. The average molecular weight is 425 g/mol. The Labute approximate surface area is 176 Å². The third kappa shape index (κ3) is 3.64. The van der Waals surface area contributed by atoms with Crippen LogP contribution in [0.5, 0.6) is 0 Å². The van der Waals surface area contributed by atoms with Gasteiger partial charge in [-0.05, 0) is 30.3 Å². The molecule has 2 aromatic carbocycles. The van der Waals surface area contributed by atoms with Crippen LogP contribution in [0, 0.1) is 5.82 Å². The highest BCUT2D eigenvalue weighted by molar-refractivity contribution is 6.33. The zero-order valence-corrected chi connectivity index (χ0v) is 16.6. The quantitative estimate of drug-likeness (QED) is 0.462. The van der Waals surface area contributed by atoms with E-state index in [9.17, 15) is 4.39 Å². The predicted molar refractivity (Wildman–Crippen MR) is 115 cm³/mol. The Morgan fingerprint density at radius 2 is 1.87 bits per heavy atom. The van der Waals surface area contributed by atoms with Gasteiger partial charge in [0.25, 0.3) is 0 Å². The van der Waals surface area contributed by atoms with Crippen molar-refractivity contribution in [3.8, 4) is 11.4 Å². The van der Waals surface area contributed by atoms with Gasteiger partial charge in [-0.25, -0.2) is 4.39 Å². The predicted octanol–water partition coefficient (Wildman–Crippen LogP) is 3.36. The molecule has 0 amide bonds. The molecule has 1 fully saturated rings. The molecule has 8 nitrogen and oxygen atoms in total. The number of piperazine rings is 1. The van der Waals surface area contributed by atoms with Crippen LogP contribution >= 0.6 is 11.6 Å². The second-order valence-electron chi connectivity index (χ2n) is 6.89. The van der Waals surface area contributed by atoms with Crippen LogP contribution in [0.25, 0.3) is 22.3 Å². The highest BCUT2D eigenvalue weighted by Crippen LogP contribution is 2.29. The Hall–Kier alpha value is -3.30. The Morgan fingerprint density at radius 3 is 2.70 bits per heavy atom. The first-order valence-electron chi connectivity index (χ1n) is 9.55. The van der Waals surface area contributed by atoms with Crippen LogP contribution in [0.3, 0.4) is 0 Å². The fourth-order valence-electron chi connectivity index (χ4n) is 3.38. The molecule has 0 unspecified atom stereocenters. The highest BCUT2D eigenvalue weighted by atomic mass is 35.5. The van der Waals surface area contributed by atoms with E-state index in [0.717, 1.165) is 26.2 Å². The molecule has 3 heterocycles. The summed E-state index contributed by atoms with van der Waals surface area (Å²) < 4.78 is 13.7. The standard InChI is InChI=1S/C20H18ClFN8/c21-15-4-2-1-3-13(15)17-24-19(27-20(26-17)30-9-7-23-8-10-30)25-18-14-11-12(22)5-6-16(14)28-29-18/h1-6,11,23H,7-10H2,(H2,24,25,26,27,28,29). The van der Waals surface area contributed by atoms with Gasteiger partial charge >= 0.3 is 0 Å². The number of nitrogens with one attached hydrogen (secondary N) is 3. The summed E-state index contributed by atoms with van der Waals surface area (Å²) in [5.41, 5.74) is 1.42. The summed E-state index contributed by atoms with van der Waals surface area (Å²) in [6.07, 6.45) is 0. The van der Waals surface area contributed by atoms with E-state index in [0.29, 0.717) is 45.0 Å². The highest BCUT2D eigenvalue weighted by Gasteiger charge is 2.19. The Bertz CT molecular complexity index is 1200. The summed E-state index contributed by atoms with van der Waals surface area (Å²) in [6, 6.07) is 11.8. The third-order valence-corrected chi connectivity index (χ3v) is 5.22. The number of benzene rings is 2. The van der Waals surface area contributed by atoms with E-state index in [1.54, 1.807) is 12.1 Å². The van der Waals surface area contributed by atoms with Crippen LogP contribution in [0.15, 0.2) is 42.5 Å². The largest absolute Gasteiger partial charge is 0.338 e. The van der Waals surface area contributed by atoms with Gasteiger partial charge < -0.3 is 15.5 Å². The number of nitrogens with zero attached hydrogens (tertiary/aromatic N) is 5. The number of aromatic nitrogens is 5. The Kier molecular flexibility index (Phi) is 4.89. The van der Waals surface area contributed by atoms with Gasteiger partial charge in [0.2, 0.25) is 11.9 Å². The molecule has 0 spiro atoms. The fourth-order valence-corrected chi connectivity index (χ4v) is 3.60. The van der Waals surface area contributed by atoms with Gasteiger partial charge in [0, 0.05) is 37.1 Å². The van der Waals surface area contributed by atoms with E-state index in [1.165, 1.54) is 12.1 Å². The van der Waals surface area contributed by atoms with Crippen molar-refractivity contribution in [3.05, 3.63) is 53.3 Å². The van der Waals surface area contributed by atoms with Crippen molar-refractivity contribution in [3.63, 3.8) is 0 Å². The Balaban J connectivity index is 1.58. The van der Waals surface area contributed by atoms with Gasteiger partial charge in [-0.2, -0.15) is 20.1 Å². The molecule has 1 aliphatic rings. The number of halogens is 2. The third-order valence-electron chi connectivity index (χ3n) is 4.89. The molecule has 1 saturated heterocycles. The molecule has 0 radical (unpaired) electrons. The molecule has 0 bridgehead atoms. The van der Waals surface area contributed by atoms with Crippen LogP contribution < -0.4 is 15.5 Å². The zero-order valence-electron chi connectivity index (χ0n) is 15.9. The fraction of sp³-hybridized carbons (Fsp3) is 0.200. The molecule has 5 rings (SSSR count). The molecule has 30 heavy (non-hydrogen) atoms. The molecule has 0 atom stereocenters. The molecular formula is C20H18ClFN8. The number of hydrogen-bond acceptors (Lipinski definition) is 7. The Morgan fingerprint density at radius 1 is 1.03 bits per heavy atom. The lowest BCUT2D eigenvalue weighted by molar-refractivity contribution is 0.579.